The van der Waals surface area contributed by atoms with Crippen molar-refractivity contribution in [3.05, 3.63) is 120 Å². The number of nitrogens with one attached hydrogen (secondary N) is 3. The van der Waals surface area contributed by atoms with Gasteiger partial charge >= 0.3 is 0 Å². The first-order valence-corrected chi connectivity index (χ1v) is 13.7. The van der Waals surface area contributed by atoms with E-state index < -0.39 is 5.91 Å². The Bertz CT molecular complexity index is 1570. The Morgan fingerprint density at radius 3 is 2.17 bits per heavy atom. The lowest BCUT2D eigenvalue weighted by atomic mass is 10.1. The fraction of sp³-hybridized carbons (Fsp3) is 0.0938. The van der Waals surface area contributed by atoms with Gasteiger partial charge in [0.25, 0.3) is 11.8 Å². The highest BCUT2D eigenvalue weighted by molar-refractivity contribution is 8.00. The Balaban J connectivity index is 1.21. The largest absolute Gasteiger partial charge is 0.454 e. The SMILES string of the molecule is CC(Sc1ccc(NC(=O)/C(=C/c2ccccc2)NC(=O)c2ccccc2)cc1)C(=O)Nc1ccc2c(c1)OCO2. The zero-order valence-corrected chi connectivity index (χ0v) is 22.9. The van der Waals surface area contributed by atoms with Crippen molar-refractivity contribution in [1.82, 2.24) is 5.32 Å². The van der Waals surface area contributed by atoms with E-state index >= 15 is 0 Å². The molecule has 4 aromatic rings. The van der Waals surface area contributed by atoms with Gasteiger partial charge in [0.2, 0.25) is 12.7 Å². The van der Waals surface area contributed by atoms with Crippen molar-refractivity contribution in [2.45, 2.75) is 17.1 Å². The van der Waals surface area contributed by atoms with Crippen molar-refractivity contribution in [3.8, 4) is 11.5 Å². The van der Waals surface area contributed by atoms with Gasteiger partial charge in [0.1, 0.15) is 5.70 Å². The van der Waals surface area contributed by atoms with Gasteiger partial charge in [-0.2, -0.15) is 0 Å². The van der Waals surface area contributed by atoms with Crippen LogP contribution in [0.4, 0.5) is 11.4 Å². The molecular weight excluding hydrogens is 538 g/mol. The first kappa shape index (κ1) is 27.5. The molecule has 4 aromatic carbocycles. The monoisotopic (exact) mass is 565 g/mol. The van der Waals surface area contributed by atoms with Crippen molar-refractivity contribution in [2.75, 3.05) is 17.4 Å². The molecule has 1 heterocycles. The third kappa shape index (κ3) is 7.34. The summed E-state index contributed by atoms with van der Waals surface area (Å²) in [6, 6.07) is 30.4. The lowest BCUT2D eigenvalue weighted by Crippen LogP contribution is -2.30. The zero-order valence-electron chi connectivity index (χ0n) is 22.1. The Labute approximate surface area is 241 Å². The summed E-state index contributed by atoms with van der Waals surface area (Å²) < 4.78 is 10.7. The van der Waals surface area contributed by atoms with Gasteiger partial charge in [0.15, 0.2) is 11.5 Å². The van der Waals surface area contributed by atoms with Gasteiger partial charge in [-0.1, -0.05) is 48.5 Å². The number of anilines is 2. The summed E-state index contributed by atoms with van der Waals surface area (Å²) in [5, 5.41) is 8.09. The number of hydrogen-bond donors (Lipinski definition) is 3. The summed E-state index contributed by atoms with van der Waals surface area (Å²) in [7, 11) is 0. The Hall–Kier alpha value is -5.02. The first-order chi connectivity index (χ1) is 19.9. The molecule has 0 aliphatic carbocycles. The Morgan fingerprint density at radius 1 is 0.780 bits per heavy atom. The average molecular weight is 566 g/mol. The predicted octanol–water partition coefficient (Wildman–Crippen LogP) is 5.94. The van der Waals surface area contributed by atoms with Crippen LogP contribution in [-0.4, -0.2) is 29.8 Å². The van der Waals surface area contributed by atoms with E-state index in [0.717, 1.165) is 10.5 Å². The number of thioether (sulfide) groups is 1. The number of hydrogen-bond acceptors (Lipinski definition) is 6. The maximum absolute atomic E-state index is 13.2. The molecule has 3 amide bonds. The van der Waals surface area contributed by atoms with Gasteiger partial charge in [-0.25, -0.2) is 0 Å². The molecule has 1 aliphatic rings. The highest BCUT2D eigenvalue weighted by Crippen LogP contribution is 2.34. The Morgan fingerprint density at radius 2 is 1.44 bits per heavy atom. The minimum atomic E-state index is -0.463. The standard InChI is InChI=1S/C32H27N3O5S/c1-21(30(36)34-25-14-17-28-29(19-25)40-20-39-28)41-26-15-12-24(13-16-26)33-32(38)27(18-22-8-4-2-5-9-22)35-31(37)23-10-6-3-7-11-23/h2-19,21H,20H2,1H3,(H,33,38)(H,34,36)(H,35,37)/b27-18-. The molecule has 1 aliphatic heterocycles. The van der Waals surface area contributed by atoms with E-state index in [2.05, 4.69) is 16.0 Å². The van der Waals surface area contributed by atoms with Crippen LogP contribution in [0.25, 0.3) is 6.08 Å². The highest BCUT2D eigenvalue weighted by Gasteiger charge is 2.19. The molecule has 0 bridgehead atoms. The lowest BCUT2D eigenvalue weighted by molar-refractivity contribution is -0.115. The number of amides is 3. The van der Waals surface area contributed by atoms with Gasteiger partial charge < -0.3 is 25.4 Å². The maximum atomic E-state index is 13.2. The number of carbonyl (C=O) groups excluding carboxylic acids is 3. The molecule has 8 nitrogen and oxygen atoms in total. The molecule has 1 unspecified atom stereocenters. The average Bonchev–Trinajstić information content (AvgIpc) is 3.47. The van der Waals surface area contributed by atoms with Crippen LogP contribution < -0.4 is 25.4 Å². The van der Waals surface area contributed by atoms with Crippen LogP contribution in [0.2, 0.25) is 0 Å². The number of fused-ring (bicyclic) bond motifs is 1. The topological polar surface area (TPSA) is 106 Å². The lowest BCUT2D eigenvalue weighted by Gasteiger charge is -2.14. The second-order valence-corrected chi connectivity index (χ2v) is 10.5. The van der Waals surface area contributed by atoms with E-state index in [1.54, 1.807) is 60.7 Å². The molecule has 41 heavy (non-hydrogen) atoms. The van der Waals surface area contributed by atoms with Crippen LogP contribution in [0.15, 0.2) is 114 Å². The van der Waals surface area contributed by atoms with Gasteiger partial charge in [-0.05, 0) is 67.1 Å². The van der Waals surface area contributed by atoms with E-state index in [0.29, 0.717) is 28.4 Å². The summed E-state index contributed by atoms with van der Waals surface area (Å²) in [5.41, 5.74) is 2.49. The van der Waals surface area contributed by atoms with Crippen molar-refractivity contribution in [3.63, 3.8) is 0 Å². The van der Waals surface area contributed by atoms with E-state index in [-0.39, 0.29) is 29.6 Å². The molecule has 206 valence electrons. The fourth-order valence-electron chi connectivity index (χ4n) is 3.95. The van der Waals surface area contributed by atoms with E-state index in [4.69, 9.17) is 9.47 Å². The van der Waals surface area contributed by atoms with Crippen molar-refractivity contribution in [2.24, 2.45) is 0 Å². The highest BCUT2D eigenvalue weighted by atomic mass is 32.2. The molecule has 0 spiro atoms. The Kier molecular flexibility index (Phi) is 8.66. The predicted molar refractivity (Wildman–Crippen MR) is 160 cm³/mol. The smallest absolute Gasteiger partial charge is 0.272 e. The number of benzene rings is 4. The van der Waals surface area contributed by atoms with Crippen LogP contribution in [-0.2, 0) is 9.59 Å². The van der Waals surface area contributed by atoms with E-state index in [9.17, 15) is 14.4 Å². The van der Waals surface area contributed by atoms with Crippen LogP contribution in [0.3, 0.4) is 0 Å². The van der Waals surface area contributed by atoms with Gasteiger partial charge in [0, 0.05) is 27.9 Å². The maximum Gasteiger partial charge on any atom is 0.272 e. The quantitative estimate of drug-likeness (QED) is 0.171. The molecule has 3 N–H and O–H groups in total. The number of ether oxygens (including phenoxy) is 2. The molecule has 9 heteroatoms. The zero-order chi connectivity index (χ0) is 28.6. The van der Waals surface area contributed by atoms with Crippen molar-refractivity contribution in [1.29, 1.82) is 0 Å². The molecular formula is C32H27N3O5S. The van der Waals surface area contributed by atoms with E-state index in [1.807, 2.05) is 55.5 Å². The first-order valence-electron chi connectivity index (χ1n) is 12.9. The second kappa shape index (κ2) is 12.9. The molecule has 0 fully saturated rings. The van der Waals surface area contributed by atoms with Crippen LogP contribution in [0.1, 0.15) is 22.8 Å². The molecule has 0 saturated heterocycles. The van der Waals surface area contributed by atoms with Gasteiger partial charge in [-0.15, -0.1) is 11.8 Å². The van der Waals surface area contributed by atoms with Gasteiger partial charge in [-0.3, -0.25) is 14.4 Å². The summed E-state index contributed by atoms with van der Waals surface area (Å²) in [5.74, 6) is 0.245. The second-order valence-electron chi connectivity index (χ2n) is 9.08. The molecule has 5 rings (SSSR count). The molecule has 0 radical (unpaired) electrons. The molecule has 1 atom stereocenters. The summed E-state index contributed by atoms with van der Waals surface area (Å²) in [6.45, 7) is 1.99. The summed E-state index contributed by atoms with van der Waals surface area (Å²) >= 11 is 1.39. The summed E-state index contributed by atoms with van der Waals surface area (Å²) in [4.78, 5) is 39.6. The normalized spacial score (nSPS) is 12.8. The minimum Gasteiger partial charge on any atom is -0.454 e. The molecule has 0 aromatic heterocycles. The van der Waals surface area contributed by atoms with E-state index in [1.165, 1.54) is 11.8 Å². The van der Waals surface area contributed by atoms with Crippen molar-refractivity contribution >= 4 is 46.9 Å². The number of rotatable bonds is 9. The number of carbonyl (C=O) groups is 3. The van der Waals surface area contributed by atoms with Crippen LogP contribution in [0.5, 0.6) is 11.5 Å². The summed E-state index contributed by atoms with van der Waals surface area (Å²) in [6.07, 6.45) is 1.63. The van der Waals surface area contributed by atoms with Crippen LogP contribution in [0, 0.1) is 0 Å². The minimum absolute atomic E-state index is 0.109. The van der Waals surface area contributed by atoms with Crippen LogP contribution >= 0.6 is 11.8 Å². The van der Waals surface area contributed by atoms with Gasteiger partial charge in [0.05, 0.1) is 5.25 Å². The third-order valence-electron chi connectivity index (χ3n) is 6.07. The molecule has 0 saturated carbocycles. The van der Waals surface area contributed by atoms with Crippen molar-refractivity contribution < 1.29 is 23.9 Å². The fourth-order valence-corrected chi connectivity index (χ4v) is 4.82. The third-order valence-corrected chi connectivity index (χ3v) is 7.19.